The molecule has 7 heteroatoms. The van der Waals surface area contributed by atoms with Crippen LogP contribution < -0.4 is 4.74 Å². The summed E-state index contributed by atoms with van der Waals surface area (Å²) in [5.74, 6) is -1.40. The van der Waals surface area contributed by atoms with Crippen LogP contribution in [0.3, 0.4) is 0 Å². The number of carbonyl (C=O) groups is 2. The number of carbonyl (C=O) groups excluding carboxylic acids is 2. The van der Waals surface area contributed by atoms with Gasteiger partial charge in [-0.2, -0.15) is 0 Å². The van der Waals surface area contributed by atoms with Crippen LogP contribution in [0.1, 0.15) is 45.4 Å². The van der Waals surface area contributed by atoms with Gasteiger partial charge < -0.3 is 9.47 Å². The molecule has 0 N–H and O–H groups in total. The average Bonchev–Trinajstić information content (AvgIpc) is 2.55. The lowest BCUT2D eigenvalue weighted by molar-refractivity contribution is -0.138. The maximum atomic E-state index is 11.7. The fourth-order valence-electron chi connectivity index (χ4n) is 2.00. The monoisotopic (exact) mass is 406 g/mol. The van der Waals surface area contributed by atoms with Gasteiger partial charge in [0.25, 0.3) is 0 Å². The summed E-state index contributed by atoms with van der Waals surface area (Å²) in [6, 6.07) is 2.80. The SMILES string of the molecule is CCCCCCCCOC(=O)/C=C/C(=O)Oc1c(Cl)cc(Cl)cc1Cl. The maximum absolute atomic E-state index is 11.7. The Kier molecular flexibility index (Phi) is 10.6. The van der Waals surface area contributed by atoms with Crippen molar-refractivity contribution in [2.75, 3.05) is 6.61 Å². The second kappa shape index (κ2) is 12.2. The van der Waals surface area contributed by atoms with Crippen LogP contribution in [-0.4, -0.2) is 18.5 Å². The predicted molar refractivity (Wildman–Crippen MR) is 101 cm³/mol. The van der Waals surface area contributed by atoms with E-state index in [0.717, 1.165) is 31.4 Å². The smallest absolute Gasteiger partial charge is 0.336 e. The van der Waals surface area contributed by atoms with Crippen molar-refractivity contribution in [1.82, 2.24) is 0 Å². The quantitative estimate of drug-likeness (QED) is 0.206. The zero-order chi connectivity index (χ0) is 18.7. The zero-order valence-electron chi connectivity index (χ0n) is 14.0. The van der Waals surface area contributed by atoms with E-state index in [1.54, 1.807) is 0 Å². The Labute approximate surface area is 163 Å². The minimum atomic E-state index is -0.789. The Bertz CT molecular complexity index is 591. The highest BCUT2D eigenvalue weighted by molar-refractivity contribution is 6.40. The molecule has 1 rings (SSSR count). The van der Waals surface area contributed by atoms with Crippen LogP contribution in [0.5, 0.6) is 5.75 Å². The van der Waals surface area contributed by atoms with E-state index in [1.165, 1.54) is 31.4 Å². The third-order valence-corrected chi connectivity index (χ3v) is 4.04. The van der Waals surface area contributed by atoms with Crippen LogP contribution in [0.25, 0.3) is 0 Å². The molecule has 0 atom stereocenters. The second-order valence-electron chi connectivity index (χ2n) is 5.39. The molecule has 0 aliphatic carbocycles. The van der Waals surface area contributed by atoms with E-state index >= 15 is 0 Å². The summed E-state index contributed by atoms with van der Waals surface area (Å²) in [6.07, 6.45) is 8.56. The van der Waals surface area contributed by atoms with Crippen molar-refractivity contribution in [2.45, 2.75) is 45.4 Å². The van der Waals surface area contributed by atoms with Gasteiger partial charge in [0.2, 0.25) is 0 Å². The normalized spacial score (nSPS) is 10.9. The molecule has 0 amide bonds. The summed E-state index contributed by atoms with van der Waals surface area (Å²) in [5, 5.41) is 0.526. The van der Waals surface area contributed by atoms with Gasteiger partial charge in [0.15, 0.2) is 5.75 Å². The first-order chi connectivity index (χ1) is 11.9. The van der Waals surface area contributed by atoms with Crippen molar-refractivity contribution in [2.24, 2.45) is 0 Å². The van der Waals surface area contributed by atoms with Gasteiger partial charge in [-0.25, -0.2) is 9.59 Å². The van der Waals surface area contributed by atoms with Crippen molar-refractivity contribution >= 4 is 46.7 Å². The van der Waals surface area contributed by atoms with Crippen LogP contribution in [-0.2, 0) is 14.3 Å². The third kappa shape index (κ3) is 9.15. The number of esters is 2. The average molecular weight is 408 g/mol. The van der Waals surface area contributed by atoms with E-state index in [4.69, 9.17) is 44.3 Å². The van der Waals surface area contributed by atoms with Gasteiger partial charge in [-0.15, -0.1) is 0 Å². The summed E-state index contributed by atoms with van der Waals surface area (Å²) in [6.45, 7) is 2.49. The number of unbranched alkanes of at least 4 members (excludes halogenated alkanes) is 5. The van der Waals surface area contributed by atoms with Crippen molar-refractivity contribution in [3.63, 3.8) is 0 Å². The van der Waals surface area contributed by atoms with E-state index in [9.17, 15) is 9.59 Å². The summed E-state index contributed by atoms with van der Waals surface area (Å²) >= 11 is 17.6. The summed E-state index contributed by atoms with van der Waals surface area (Å²) in [7, 11) is 0. The van der Waals surface area contributed by atoms with Gasteiger partial charge in [0, 0.05) is 17.2 Å². The highest BCUT2D eigenvalue weighted by Gasteiger charge is 2.12. The van der Waals surface area contributed by atoms with E-state index in [2.05, 4.69) is 6.92 Å². The fourth-order valence-corrected chi connectivity index (χ4v) is 2.89. The first kappa shape index (κ1) is 21.8. The molecule has 1 aromatic carbocycles. The van der Waals surface area contributed by atoms with Crippen molar-refractivity contribution in [1.29, 1.82) is 0 Å². The zero-order valence-corrected chi connectivity index (χ0v) is 16.3. The molecule has 0 saturated carbocycles. The molecular formula is C18H21Cl3O4. The Hall–Kier alpha value is -1.23. The molecule has 25 heavy (non-hydrogen) atoms. The first-order valence-corrected chi connectivity index (χ1v) is 9.28. The Morgan fingerprint density at radius 3 is 2.12 bits per heavy atom. The van der Waals surface area contributed by atoms with Crippen molar-refractivity contribution in [3.05, 3.63) is 39.4 Å². The van der Waals surface area contributed by atoms with Crippen LogP contribution in [0.4, 0.5) is 0 Å². The lowest BCUT2D eigenvalue weighted by Crippen LogP contribution is -2.08. The van der Waals surface area contributed by atoms with Crippen molar-refractivity contribution < 1.29 is 19.1 Å². The van der Waals surface area contributed by atoms with Gasteiger partial charge in [-0.05, 0) is 18.6 Å². The molecule has 0 aliphatic rings. The minimum absolute atomic E-state index is 0.0113. The number of benzene rings is 1. The standard InChI is InChI=1S/C18H21Cl3O4/c1-2-3-4-5-6-7-10-24-16(22)8-9-17(23)25-18-14(20)11-13(19)12-15(18)21/h8-9,11-12H,2-7,10H2,1H3/b9-8+. The lowest BCUT2D eigenvalue weighted by Gasteiger charge is -2.06. The molecule has 4 nitrogen and oxygen atoms in total. The summed E-state index contributed by atoms with van der Waals surface area (Å²) in [4.78, 5) is 23.2. The van der Waals surface area contributed by atoms with E-state index < -0.39 is 11.9 Å². The van der Waals surface area contributed by atoms with Gasteiger partial charge in [-0.3, -0.25) is 0 Å². The van der Waals surface area contributed by atoms with Crippen LogP contribution in [0.15, 0.2) is 24.3 Å². The topological polar surface area (TPSA) is 52.6 Å². The number of ether oxygens (including phenoxy) is 2. The molecule has 0 saturated heterocycles. The van der Waals surface area contributed by atoms with Crippen LogP contribution >= 0.6 is 34.8 Å². The number of rotatable bonds is 10. The molecule has 0 heterocycles. The van der Waals surface area contributed by atoms with Crippen LogP contribution in [0, 0.1) is 0 Å². The second-order valence-corrected chi connectivity index (χ2v) is 6.64. The highest BCUT2D eigenvalue weighted by Crippen LogP contribution is 2.35. The molecule has 0 aliphatic heterocycles. The maximum Gasteiger partial charge on any atom is 0.336 e. The molecule has 0 aromatic heterocycles. The molecule has 1 aromatic rings. The van der Waals surface area contributed by atoms with E-state index in [0.29, 0.717) is 11.6 Å². The molecule has 0 spiro atoms. The van der Waals surface area contributed by atoms with Gasteiger partial charge in [0.1, 0.15) is 0 Å². The third-order valence-electron chi connectivity index (χ3n) is 3.26. The Morgan fingerprint density at radius 2 is 1.48 bits per heavy atom. The van der Waals surface area contributed by atoms with Crippen molar-refractivity contribution in [3.8, 4) is 5.75 Å². The molecule has 0 unspecified atom stereocenters. The fraction of sp³-hybridized carbons (Fsp3) is 0.444. The van der Waals surface area contributed by atoms with Gasteiger partial charge in [-0.1, -0.05) is 73.8 Å². The number of hydrogen-bond acceptors (Lipinski definition) is 4. The number of halogens is 3. The van der Waals surface area contributed by atoms with Gasteiger partial charge in [0.05, 0.1) is 16.7 Å². The molecule has 138 valence electrons. The Balaban J connectivity index is 2.33. The molecular weight excluding hydrogens is 387 g/mol. The summed E-state index contributed by atoms with van der Waals surface area (Å²) < 4.78 is 10.0. The summed E-state index contributed by atoms with van der Waals surface area (Å²) in [5.41, 5.74) is 0. The lowest BCUT2D eigenvalue weighted by atomic mass is 10.1. The van der Waals surface area contributed by atoms with E-state index in [1.807, 2.05) is 0 Å². The predicted octanol–water partition coefficient (Wildman–Crippen LogP) is 6.01. The molecule has 0 radical (unpaired) electrons. The van der Waals surface area contributed by atoms with E-state index in [-0.39, 0.29) is 15.8 Å². The largest absolute Gasteiger partial charge is 0.463 e. The van der Waals surface area contributed by atoms with Crippen LogP contribution in [0.2, 0.25) is 15.1 Å². The first-order valence-electron chi connectivity index (χ1n) is 8.15. The molecule has 0 fully saturated rings. The highest BCUT2D eigenvalue weighted by atomic mass is 35.5. The molecule has 0 bridgehead atoms. The Morgan fingerprint density at radius 1 is 0.920 bits per heavy atom. The minimum Gasteiger partial charge on any atom is -0.463 e. The van der Waals surface area contributed by atoms with Gasteiger partial charge >= 0.3 is 11.9 Å². The number of hydrogen-bond donors (Lipinski definition) is 0.